The van der Waals surface area contributed by atoms with E-state index in [0.29, 0.717) is 26.8 Å². The van der Waals surface area contributed by atoms with Gasteiger partial charge in [-0.1, -0.05) is 36.1 Å². The maximum atomic E-state index is 13.7. The van der Waals surface area contributed by atoms with Gasteiger partial charge >= 0.3 is 11.9 Å². The highest BCUT2D eigenvalue weighted by molar-refractivity contribution is 7.17. The average molecular weight is 554 g/mol. The lowest BCUT2D eigenvalue weighted by Crippen LogP contribution is -2.31. The van der Waals surface area contributed by atoms with Gasteiger partial charge in [0.05, 0.1) is 45.6 Å². The van der Waals surface area contributed by atoms with Crippen molar-refractivity contribution >= 4 is 51.4 Å². The van der Waals surface area contributed by atoms with Gasteiger partial charge in [-0.25, -0.2) is 19.6 Å². The second-order valence-corrected chi connectivity index (χ2v) is 10.4. The van der Waals surface area contributed by atoms with Crippen molar-refractivity contribution in [3.05, 3.63) is 85.5 Å². The Balaban J connectivity index is 1.85. The molecule has 10 nitrogen and oxygen atoms in total. The number of aromatic nitrogens is 2. The van der Waals surface area contributed by atoms with Gasteiger partial charge in [-0.15, -0.1) is 11.3 Å². The summed E-state index contributed by atoms with van der Waals surface area (Å²) in [7, 11) is 1.26. The molecule has 1 amide bonds. The third kappa shape index (κ3) is 4.75. The molecule has 1 N–H and O–H groups in total. The predicted molar refractivity (Wildman–Crippen MR) is 141 cm³/mol. The lowest BCUT2D eigenvalue weighted by atomic mass is 9.94. The summed E-state index contributed by atoms with van der Waals surface area (Å²) in [6.45, 7) is 8.54. The maximum absolute atomic E-state index is 13.7. The van der Waals surface area contributed by atoms with Crippen molar-refractivity contribution in [2.75, 3.05) is 18.6 Å². The fourth-order valence-corrected chi connectivity index (χ4v) is 5.87. The number of aryl methyl sites for hydroxylation is 3. The minimum absolute atomic E-state index is 0.00205. The Morgan fingerprint density at radius 2 is 1.71 bits per heavy atom. The number of thiazole rings is 2. The zero-order chi connectivity index (χ0) is 27.7. The van der Waals surface area contributed by atoms with Crippen molar-refractivity contribution in [2.24, 2.45) is 0 Å². The van der Waals surface area contributed by atoms with Crippen LogP contribution in [0.4, 0.5) is 5.13 Å². The Kier molecular flexibility index (Phi) is 7.56. The highest BCUT2D eigenvalue weighted by Crippen LogP contribution is 2.44. The summed E-state index contributed by atoms with van der Waals surface area (Å²) >= 11 is 2.06. The molecule has 1 unspecified atom stereocenters. The molecule has 3 heterocycles. The molecule has 38 heavy (non-hydrogen) atoms. The van der Waals surface area contributed by atoms with Gasteiger partial charge in [0, 0.05) is 0 Å². The van der Waals surface area contributed by atoms with Crippen LogP contribution >= 0.6 is 22.7 Å². The van der Waals surface area contributed by atoms with Crippen LogP contribution in [0.25, 0.3) is 0 Å². The van der Waals surface area contributed by atoms with E-state index in [1.54, 1.807) is 32.9 Å². The average Bonchev–Trinajstić information content (AvgIpc) is 3.54. The number of hydrogen-bond acceptors (Lipinski definition) is 11. The number of aliphatic hydroxyl groups is 1. The molecule has 2 aromatic heterocycles. The highest BCUT2D eigenvalue weighted by atomic mass is 32.1. The Morgan fingerprint density at radius 3 is 2.29 bits per heavy atom. The predicted octanol–water partition coefficient (Wildman–Crippen LogP) is 4.44. The van der Waals surface area contributed by atoms with Crippen molar-refractivity contribution in [3.63, 3.8) is 0 Å². The minimum Gasteiger partial charge on any atom is -0.503 e. The number of Topliss-reactive ketones (excluding diaryl/α,β-unsaturated/α-hetero) is 1. The molecule has 1 atom stereocenters. The first-order chi connectivity index (χ1) is 18.1. The zero-order valence-corrected chi connectivity index (χ0v) is 22.6. The summed E-state index contributed by atoms with van der Waals surface area (Å²) in [5, 5.41) is 11.7. The number of carbonyl (C=O) groups is 4. The van der Waals surface area contributed by atoms with E-state index in [2.05, 4.69) is 16.5 Å². The standard InChI is InChI=1S/C26H23N3O7S2/c1-6-11-36-25(34)22-13(3)28-26(38-22)29-18(15-7-9-16(10-8-15)24(33)35-5)17(20(31)23(29)32)19(30)21-12(2)27-14(4)37-21/h6-10,18,31H,1,11H2,2-5H3. The molecule has 1 aliphatic rings. The number of carbonyl (C=O) groups excluding carboxylic acids is 4. The molecule has 0 saturated carbocycles. The summed E-state index contributed by atoms with van der Waals surface area (Å²) in [4.78, 5) is 61.9. The van der Waals surface area contributed by atoms with Crippen LogP contribution in [0.5, 0.6) is 0 Å². The number of benzene rings is 1. The summed E-state index contributed by atoms with van der Waals surface area (Å²) in [6.07, 6.45) is 1.43. The van der Waals surface area contributed by atoms with Crippen LogP contribution in [0.1, 0.15) is 57.7 Å². The molecule has 3 aromatic rings. The van der Waals surface area contributed by atoms with E-state index in [1.807, 2.05) is 0 Å². The number of rotatable bonds is 8. The van der Waals surface area contributed by atoms with Crippen molar-refractivity contribution in [1.82, 2.24) is 9.97 Å². The topological polar surface area (TPSA) is 136 Å². The zero-order valence-electron chi connectivity index (χ0n) is 20.9. The first kappa shape index (κ1) is 26.9. The summed E-state index contributed by atoms with van der Waals surface area (Å²) < 4.78 is 9.87. The van der Waals surface area contributed by atoms with E-state index in [9.17, 15) is 24.3 Å². The van der Waals surface area contributed by atoms with E-state index in [1.165, 1.54) is 30.2 Å². The van der Waals surface area contributed by atoms with Gasteiger partial charge in [0.2, 0.25) is 5.78 Å². The Bertz CT molecular complexity index is 1500. The fourth-order valence-electron chi connectivity index (χ4n) is 4.01. The number of esters is 2. The first-order valence-corrected chi connectivity index (χ1v) is 12.9. The Hall–Kier alpha value is -4.16. The van der Waals surface area contributed by atoms with Crippen molar-refractivity contribution in [2.45, 2.75) is 26.8 Å². The van der Waals surface area contributed by atoms with Crippen LogP contribution < -0.4 is 4.90 Å². The Morgan fingerprint density at radius 1 is 1.05 bits per heavy atom. The molecule has 0 aliphatic carbocycles. The van der Waals surface area contributed by atoms with Crippen LogP contribution in [0.2, 0.25) is 0 Å². The number of nitrogens with zero attached hydrogens (tertiary/aromatic N) is 3. The highest BCUT2D eigenvalue weighted by Gasteiger charge is 2.47. The van der Waals surface area contributed by atoms with E-state index < -0.39 is 35.4 Å². The molecule has 196 valence electrons. The van der Waals surface area contributed by atoms with Crippen LogP contribution in [0.15, 0.2) is 48.3 Å². The van der Waals surface area contributed by atoms with Crippen molar-refractivity contribution < 1.29 is 33.8 Å². The van der Waals surface area contributed by atoms with Gasteiger partial charge in [-0.2, -0.15) is 0 Å². The van der Waals surface area contributed by atoms with Gasteiger partial charge in [-0.05, 0) is 38.5 Å². The van der Waals surface area contributed by atoms with Crippen LogP contribution in [-0.2, 0) is 14.3 Å². The number of anilines is 1. The molecule has 1 aromatic carbocycles. The molecular weight excluding hydrogens is 530 g/mol. The molecule has 0 radical (unpaired) electrons. The minimum atomic E-state index is -1.09. The van der Waals surface area contributed by atoms with Gasteiger partial charge < -0.3 is 14.6 Å². The summed E-state index contributed by atoms with van der Waals surface area (Å²) in [5.74, 6) is -3.33. The fraction of sp³-hybridized carbons (Fsp3) is 0.231. The first-order valence-electron chi connectivity index (χ1n) is 11.3. The lowest BCUT2D eigenvalue weighted by molar-refractivity contribution is -0.117. The third-order valence-electron chi connectivity index (χ3n) is 5.72. The molecule has 0 spiro atoms. The molecule has 0 fully saturated rings. The van der Waals surface area contributed by atoms with Gasteiger partial charge in [0.15, 0.2) is 10.9 Å². The third-order valence-corrected chi connectivity index (χ3v) is 7.93. The van der Waals surface area contributed by atoms with E-state index in [-0.39, 0.29) is 27.8 Å². The van der Waals surface area contributed by atoms with Crippen LogP contribution in [0, 0.1) is 20.8 Å². The number of aliphatic hydroxyl groups excluding tert-OH is 1. The van der Waals surface area contributed by atoms with E-state index >= 15 is 0 Å². The van der Waals surface area contributed by atoms with Crippen molar-refractivity contribution in [1.29, 1.82) is 0 Å². The lowest BCUT2D eigenvalue weighted by Gasteiger charge is -2.24. The maximum Gasteiger partial charge on any atom is 0.350 e. The summed E-state index contributed by atoms with van der Waals surface area (Å²) in [5.41, 5.74) is 1.33. The monoisotopic (exact) mass is 553 g/mol. The van der Waals surface area contributed by atoms with Crippen molar-refractivity contribution in [3.8, 4) is 0 Å². The second kappa shape index (κ2) is 10.7. The molecule has 12 heteroatoms. The quantitative estimate of drug-likeness (QED) is 0.244. The van der Waals surface area contributed by atoms with Gasteiger partial charge in [-0.3, -0.25) is 14.5 Å². The molecule has 0 saturated heterocycles. The number of methoxy groups -OCH3 is 1. The molecule has 4 rings (SSSR count). The second-order valence-electron chi connectivity index (χ2n) is 8.23. The summed E-state index contributed by atoms with van der Waals surface area (Å²) in [6, 6.07) is 5.02. The molecule has 1 aliphatic heterocycles. The number of ether oxygens (including phenoxy) is 2. The Labute approximate surface area is 225 Å². The van der Waals surface area contributed by atoms with Gasteiger partial charge in [0.1, 0.15) is 11.5 Å². The number of ketones is 1. The normalized spacial score (nSPS) is 15.1. The largest absolute Gasteiger partial charge is 0.503 e. The van der Waals surface area contributed by atoms with E-state index in [4.69, 9.17) is 9.47 Å². The van der Waals surface area contributed by atoms with Crippen LogP contribution in [0.3, 0.4) is 0 Å². The van der Waals surface area contributed by atoms with Crippen LogP contribution in [-0.4, -0.2) is 52.4 Å². The van der Waals surface area contributed by atoms with Gasteiger partial charge in [0.25, 0.3) is 5.91 Å². The molecule has 0 bridgehead atoms. The molecular formula is C26H23N3O7S2. The number of amides is 1. The van der Waals surface area contributed by atoms with E-state index in [0.717, 1.165) is 22.7 Å². The smallest absolute Gasteiger partial charge is 0.350 e. The number of hydrogen-bond donors (Lipinski definition) is 1. The SMILES string of the molecule is C=CCOC(=O)c1sc(N2C(=O)C(O)=C(C(=O)c3sc(C)nc3C)C2c2ccc(C(=O)OC)cc2)nc1C.